The van der Waals surface area contributed by atoms with Crippen LogP contribution < -0.4 is 4.74 Å². The molecule has 1 fully saturated rings. The quantitative estimate of drug-likeness (QED) is 0.807. The molecule has 0 N–H and O–H groups in total. The molecule has 2 aromatic rings. The van der Waals surface area contributed by atoms with Gasteiger partial charge in [0.1, 0.15) is 17.7 Å². The molecule has 2 heterocycles. The monoisotopic (exact) mass is 330 g/mol. The van der Waals surface area contributed by atoms with Gasteiger partial charge in [0.2, 0.25) is 5.91 Å². The fourth-order valence-corrected chi connectivity index (χ4v) is 2.62. The van der Waals surface area contributed by atoms with Crippen molar-refractivity contribution < 1.29 is 13.9 Å². The Labute approximate surface area is 139 Å². The van der Waals surface area contributed by atoms with Crippen LogP contribution in [-0.2, 0) is 4.79 Å². The van der Waals surface area contributed by atoms with E-state index in [1.807, 2.05) is 25.1 Å². The lowest BCUT2D eigenvalue weighted by atomic mass is 9.99. The highest BCUT2D eigenvalue weighted by atomic mass is 19.1. The summed E-state index contributed by atoms with van der Waals surface area (Å²) in [6.07, 6.45) is 4.40. The second-order valence-electron chi connectivity index (χ2n) is 6.21. The SMILES string of the molecule is COc1cc(C)cc(-c2ncn(/C=C\C(=O)N3CC(C)(F)C3)n2)c1. The largest absolute Gasteiger partial charge is 0.497 e. The van der Waals surface area contributed by atoms with Crippen molar-refractivity contribution >= 4 is 12.1 Å². The Morgan fingerprint density at radius 3 is 2.79 bits per heavy atom. The van der Waals surface area contributed by atoms with Crippen molar-refractivity contribution in [2.24, 2.45) is 0 Å². The van der Waals surface area contributed by atoms with Gasteiger partial charge in [0.05, 0.1) is 20.2 Å². The smallest absolute Gasteiger partial charge is 0.248 e. The van der Waals surface area contributed by atoms with Gasteiger partial charge >= 0.3 is 0 Å². The van der Waals surface area contributed by atoms with Crippen molar-refractivity contribution in [3.8, 4) is 17.1 Å². The molecule has 6 nitrogen and oxygen atoms in total. The normalized spacial score (nSPS) is 16.2. The summed E-state index contributed by atoms with van der Waals surface area (Å²) >= 11 is 0. The molecule has 1 aromatic heterocycles. The van der Waals surface area contributed by atoms with Crippen LogP contribution in [-0.4, -0.2) is 51.4 Å². The zero-order valence-corrected chi connectivity index (χ0v) is 13.9. The van der Waals surface area contributed by atoms with E-state index in [9.17, 15) is 9.18 Å². The molecule has 7 heteroatoms. The highest BCUT2D eigenvalue weighted by Gasteiger charge is 2.40. The molecule has 1 amide bonds. The Morgan fingerprint density at radius 1 is 1.38 bits per heavy atom. The summed E-state index contributed by atoms with van der Waals surface area (Å²) < 4.78 is 20.1. The summed E-state index contributed by atoms with van der Waals surface area (Å²) in [6, 6.07) is 5.73. The first-order chi connectivity index (χ1) is 11.4. The number of amides is 1. The van der Waals surface area contributed by atoms with E-state index in [0.717, 1.165) is 16.9 Å². The molecule has 0 unspecified atom stereocenters. The van der Waals surface area contributed by atoms with Crippen LogP contribution >= 0.6 is 0 Å². The molecule has 3 rings (SSSR count). The summed E-state index contributed by atoms with van der Waals surface area (Å²) in [6.45, 7) is 3.71. The summed E-state index contributed by atoms with van der Waals surface area (Å²) in [4.78, 5) is 17.6. The van der Waals surface area contributed by atoms with Crippen molar-refractivity contribution in [3.05, 3.63) is 36.2 Å². The molecule has 1 aliphatic heterocycles. The predicted molar refractivity (Wildman–Crippen MR) is 88.2 cm³/mol. The Balaban J connectivity index is 1.71. The Hall–Kier alpha value is -2.70. The van der Waals surface area contributed by atoms with E-state index in [1.54, 1.807) is 7.11 Å². The number of hydrogen-bond acceptors (Lipinski definition) is 4. The molecule has 1 saturated heterocycles. The van der Waals surface area contributed by atoms with Gasteiger partial charge in [-0.1, -0.05) is 0 Å². The van der Waals surface area contributed by atoms with E-state index < -0.39 is 5.67 Å². The minimum atomic E-state index is -1.27. The average Bonchev–Trinajstić information content (AvgIpc) is 2.98. The number of alkyl halides is 1. The fourth-order valence-electron chi connectivity index (χ4n) is 2.62. The van der Waals surface area contributed by atoms with Crippen LogP contribution in [0.25, 0.3) is 17.6 Å². The van der Waals surface area contributed by atoms with Crippen LogP contribution in [0, 0.1) is 6.92 Å². The topological polar surface area (TPSA) is 60.3 Å². The van der Waals surface area contributed by atoms with Gasteiger partial charge in [0.15, 0.2) is 5.82 Å². The Kier molecular flexibility index (Phi) is 4.09. The lowest BCUT2D eigenvalue weighted by Crippen LogP contribution is -2.58. The zero-order valence-electron chi connectivity index (χ0n) is 13.9. The second-order valence-corrected chi connectivity index (χ2v) is 6.21. The maximum Gasteiger partial charge on any atom is 0.248 e. The van der Waals surface area contributed by atoms with Crippen molar-refractivity contribution in [1.82, 2.24) is 19.7 Å². The van der Waals surface area contributed by atoms with E-state index >= 15 is 0 Å². The number of rotatable bonds is 4. The Morgan fingerprint density at radius 2 is 2.12 bits per heavy atom. The highest BCUT2D eigenvalue weighted by molar-refractivity contribution is 5.90. The van der Waals surface area contributed by atoms with Crippen molar-refractivity contribution in [2.45, 2.75) is 19.5 Å². The minimum Gasteiger partial charge on any atom is -0.497 e. The number of methoxy groups -OCH3 is 1. The summed E-state index contributed by atoms with van der Waals surface area (Å²) in [5, 5.41) is 4.32. The van der Waals surface area contributed by atoms with Crippen LogP contribution in [0.5, 0.6) is 5.75 Å². The molecule has 126 valence electrons. The number of carbonyl (C=O) groups excluding carboxylic acids is 1. The number of halogens is 1. The average molecular weight is 330 g/mol. The number of aryl methyl sites for hydroxylation is 1. The van der Waals surface area contributed by atoms with Crippen molar-refractivity contribution in [1.29, 1.82) is 0 Å². The lowest BCUT2D eigenvalue weighted by molar-refractivity contribution is -0.138. The second kappa shape index (κ2) is 6.07. The van der Waals surface area contributed by atoms with Gasteiger partial charge < -0.3 is 9.64 Å². The van der Waals surface area contributed by atoms with Crippen LogP contribution in [0.3, 0.4) is 0 Å². The number of benzene rings is 1. The number of nitrogens with zero attached hydrogens (tertiary/aromatic N) is 4. The van der Waals surface area contributed by atoms with Crippen LogP contribution in [0.1, 0.15) is 12.5 Å². The van der Waals surface area contributed by atoms with E-state index in [0.29, 0.717) is 5.82 Å². The van der Waals surface area contributed by atoms with E-state index in [-0.39, 0.29) is 19.0 Å². The van der Waals surface area contributed by atoms with Gasteiger partial charge in [0, 0.05) is 17.8 Å². The number of carbonyl (C=O) groups is 1. The maximum absolute atomic E-state index is 13.4. The van der Waals surface area contributed by atoms with Gasteiger partial charge in [-0.05, 0) is 37.6 Å². The summed E-state index contributed by atoms with van der Waals surface area (Å²) in [5.74, 6) is 1.04. The first-order valence-electron chi connectivity index (χ1n) is 7.59. The van der Waals surface area contributed by atoms with Gasteiger partial charge in [0.25, 0.3) is 0 Å². The van der Waals surface area contributed by atoms with E-state index in [2.05, 4.69) is 10.1 Å². The first-order valence-corrected chi connectivity index (χ1v) is 7.59. The zero-order chi connectivity index (χ0) is 17.3. The fraction of sp³-hybridized carbons (Fsp3) is 0.353. The van der Waals surface area contributed by atoms with Crippen LogP contribution in [0.2, 0.25) is 0 Å². The van der Waals surface area contributed by atoms with Crippen LogP contribution in [0.15, 0.2) is 30.6 Å². The standard InChI is InChI=1S/C17H19FN4O2/c1-12-6-13(8-14(7-12)24-3)16-19-11-22(20-16)5-4-15(23)21-9-17(2,18)10-21/h4-8,11H,9-10H2,1-3H3/b5-4-. The summed E-state index contributed by atoms with van der Waals surface area (Å²) in [5.41, 5.74) is 0.605. The number of hydrogen-bond donors (Lipinski definition) is 0. The molecule has 0 atom stereocenters. The van der Waals surface area contributed by atoms with Crippen molar-refractivity contribution in [3.63, 3.8) is 0 Å². The van der Waals surface area contributed by atoms with E-state index in [4.69, 9.17) is 4.74 Å². The predicted octanol–water partition coefficient (Wildman–Crippen LogP) is 2.30. The third kappa shape index (κ3) is 3.45. The molecule has 1 aromatic carbocycles. The maximum atomic E-state index is 13.4. The molecular weight excluding hydrogens is 311 g/mol. The molecule has 0 saturated carbocycles. The van der Waals surface area contributed by atoms with Gasteiger partial charge in [-0.15, -0.1) is 5.10 Å². The van der Waals surface area contributed by atoms with Gasteiger partial charge in [-0.3, -0.25) is 4.79 Å². The number of likely N-dealkylation sites (tertiary alicyclic amines) is 1. The van der Waals surface area contributed by atoms with Crippen molar-refractivity contribution in [2.75, 3.05) is 20.2 Å². The molecule has 0 spiro atoms. The number of ether oxygens (including phenoxy) is 1. The molecular formula is C17H19FN4O2. The molecule has 0 radical (unpaired) electrons. The number of aromatic nitrogens is 3. The van der Waals surface area contributed by atoms with Gasteiger partial charge in [-0.25, -0.2) is 14.1 Å². The third-order valence-corrected chi connectivity index (χ3v) is 3.78. The minimum absolute atomic E-state index is 0.127. The summed E-state index contributed by atoms with van der Waals surface area (Å²) in [7, 11) is 1.61. The molecule has 0 bridgehead atoms. The lowest BCUT2D eigenvalue weighted by Gasteiger charge is -2.41. The molecule has 24 heavy (non-hydrogen) atoms. The van der Waals surface area contributed by atoms with Gasteiger partial charge in [-0.2, -0.15) is 0 Å². The van der Waals surface area contributed by atoms with Crippen LogP contribution in [0.4, 0.5) is 4.39 Å². The highest BCUT2D eigenvalue weighted by Crippen LogP contribution is 2.25. The Bertz CT molecular complexity index is 790. The molecule has 0 aliphatic carbocycles. The molecule has 1 aliphatic rings. The third-order valence-electron chi connectivity index (χ3n) is 3.78. The van der Waals surface area contributed by atoms with E-state index in [1.165, 1.54) is 35.1 Å². The first kappa shape index (κ1) is 16.2.